The summed E-state index contributed by atoms with van der Waals surface area (Å²) in [5.41, 5.74) is 2.52. The molecule has 0 bridgehead atoms. The summed E-state index contributed by atoms with van der Waals surface area (Å²) in [6.07, 6.45) is 0. The normalized spacial score (nSPS) is 16.1. The van der Waals surface area contributed by atoms with Crippen molar-refractivity contribution in [2.24, 2.45) is 0 Å². The molecule has 4 rings (SSSR count). The molecule has 1 aliphatic rings. The monoisotopic (exact) mass is 517 g/mol. The zero-order valence-electron chi connectivity index (χ0n) is 19.2. The van der Waals surface area contributed by atoms with Gasteiger partial charge in [-0.3, -0.25) is 14.2 Å². The lowest BCUT2D eigenvalue weighted by Gasteiger charge is -2.40. The molecule has 2 amide bonds. The van der Waals surface area contributed by atoms with E-state index < -0.39 is 0 Å². The molecule has 2 aromatic carbocycles. The highest BCUT2D eigenvalue weighted by Gasteiger charge is 2.31. The van der Waals surface area contributed by atoms with Crippen molar-refractivity contribution in [1.29, 1.82) is 0 Å². The SMILES string of the molecule is Cc1ccccc1-n1c(C)nnc1SCC(=O)N1CCN(C(=O)c2ccc(Cl)cc2Cl)C(C)C1. The van der Waals surface area contributed by atoms with Gasteiger partial charge in [-0.05, 0) is 50.6 Å². The van der Waals surface area contributed by atoms with E-state index in [9.17, 15) is 9.59 Å². The Morgan fingerprint density at radius 2 is 1.85 bits per heavy atom. The standard InChI is InChI=1S/C24H25Cl2N5O2S/c1-15-6-4-5-7-21(15)31-17(3)27-28-24(31)34-14-22(32)29-10-11-30(16(2)13-29)23(33)19-9-8-18(25)12-20(19)26/h4-9,12,16H,10-11,13-14H2,1-3H3. The second-order valence-electron chi connectivity index (χ2n) is 8.25. The van der Waals surface area contributed by atoms with Crippen LogP contribution in [0.1, 0.15) is 28.7 Å². The van der Waals surface area contributed by atoms with Crippen LogP contribution in [0.4, 0.5) is 0 Å². The number of aryl methyl sites for hydroxylation is 2. The van der Waals surface area contributed by atoms with Gasteiger partial charge >= 0.3 is 0 Å². The fourth-order valence-electron chi connectivity index (χ4n) is 4.05. The zero-order chi connectivity index (χ0) is 24.4. The number of halogens is 2. The average Bonchev–Trinajstić information content (AvgIpc) is 3.17. The van der Waals surface area contributed by atoms with Crippen LogP contribution in [0.3, 0.4) is 0 Å². The molecule has 0 radical (unpaired) electrons. The van der Waals surface area contributed by atoms with Crippen molar-refractivity contribution in [3.63, 3.8) is 0 Å². The molecular formula is C24H25Cl2N5O2S. The van der Waals surface area contributed by atoms with Gasteiger partial charge in [-0.1, -0.05) is 53.2 Å². The van der Waals surface area contributed by atoms with E-state index in [1.165, 1.54) is 11.8 Å². The van der Waals surface area contributed by atoms with Crippen molar-refractivity contribution in [2.45, 2.75) is 32.0 Å². The molecule has 1 saturated heterocycles. The van der Waals surface area contributed by atoms with Crippen molar-refractivity contribution < 1.29 is 9.59 Å². The Hall–Kier alpha value is -2.55. The van der Waals surface area contributed by atoms with Crippen LogP contribution < -0.4 is 0 Å². The first-order valence-corrected chi connectivity index (χ1v) is 12.6. The number of thioether (sulfide) groups is 1. The first-order valence-electron chi connectivity index (χ1n) is 10.9. The van der Waals surface area contributed by atoms with Crippen LogP contribution in [0.25, 0.3) is 5.69 Å². The van der Waals surface area contributed by atoms with Gasteiger partial charge in [0.15, 0.2) is 5.16 Å². The van der Waals surface area contributed by atoms with Crippen LogP contribution in [0.5, 0.6) is 0 Å². The van der Waals surface area contributed by atoms with Crippen LogP contribution in [-0.4, -0.2) is 67.8 Å². The molecule has 0 N–H and O–H groups in total. The maximum Gasteiger partial charge on any atom is 0.255 e. The van der Waals surface area contributed by atoms with Gasteiger partial charge in [0.05, 0.1) is 22.0 Å². The highest BCUT2D eigenvalue weighted by Crippen LogP contribution is 2.26. The maximum absolute atomic E-state index is 13.0. The van der Waals surface area contributed by atoms with Gasteiger partial charge in [0.2, 0.25) is 5.91 Å². The summed E-state index contributed by atoms with van der Waals surface area (Å²) in [6, 6.07) is 12.7. The number of hydrogen-bond acceptors (Lipinski definition) is 5. The number of nitrogens with zero attached hydrogens (tertiary/aromatic N) is 5. The summed E-state index contributed by atoms with van der Waals surface area (Å²) in [7, 11) is 0. The fraction of sp³-hybridized carbons (Fsp3) is 0.333. The third kappa shape index (κ3) is 5.09. The van der Waals surface area contributed by atoms with E-state index in [0.29, 0.717) is 40.4 Å². The fourth-order valence-corrected chi connectivity index (χ4v) is 5.43. The Bertz CT molecular complexity index is 1230. The van der Waals surface area contributed by atoms with E-state index in [1.54, 1.807) is 28.0 Å². The van der Waals surface area contributed by atoms with Crippen LogP contribution in [0.2, 0.25) is 10.0 Å². The molecule has 1 aromatic heterocycles. The topological polar surface area (TPSA) is 71.3 Å². The highest BCUT2D eigenvalue weighted by molar-refractivity contribution is 7.99. The minimum absolute atomic E-state index is 0.00506. The molecular weight excluding hydrogens is 493 g/mol. The van der Waals surface area contributed by atoms with E-state index in [-0.39, 0.29) is 23.6 Å². The summed E-state index contributed by atoms with van der Waals surface area (Å²) in [6.45, 7) is 7.23. The van der Waals surface area contributed by atoms with Gasteiger partial charge in [0.1, 0.15) is 5.82 Å². The number of carbonyl (C=O) groups is 2. The summed E-state index contributed by atoms with van der Waals surface area (Å²) in [4.78, 5) is 29.5. The summed E-state index contributed by atoms with van der Waals surface area (Å²) >= 11 is 13.5. The molecule has 178 valence electrons. The number of benzene rings is 2. The lowest BCUT2D eigenvalue weighted by atomic mass is 10.1. The Morgan fingerprint density at radius 3 is 2.56 bits per heavy atom. The van der Waals surface area contributed by atoms with E-state index in [2.05, 4.69) is 10.2 Å². The average molecular weight is 518 g/mol. The number of carbonyl (C=O) groups excluding carboxylic acids is 2. The molecule has 2 heterocycles. The van der Waals surface area contributed by atoms with Gasteiger partial charge < -0.3 is 9.80 Å². The summed E-state index contributed by atoms with van der Waals surface area (Å²) in [5, 5.41) is 9.98. The van der Waals surface area contributed by atoms with Crippen molar-refractivity contribution in [1.82, 2.24) is 24.6 Å². The molecule has 0 spiro atoms. The lowest BCUT2D eigenvalue weighted by Crippen LogP contribution is -2.55. The van der Waals surface area contributed by atoms with Crippen LogP contribution >= 0.6 is 35.0 Å². The van der Waals surface area contributed by atoms with E-state index >= 15 is 0 Å². The minimum atomic E-state index is -0.155. The Morgan fingerprint density at radius 1 is 1.09 bits per heavy atom. The molecule has 0 saturated carbocycles. The molecule has 1 fully saturated rings. The lowest BCUT2D eigenvalue weighted by molar-refractivity contribution is -0.130. The molecule has 34 heavy (non-hydrogen) atoms. The van der Waals surface area contributed by atoms with Crippen molar-refractivity contribution in [2.75, 3.05) is 25.4 Å². The van der Waals surface area contributed by atoms with E-state index in [0.717, 1.165) is 17.1 Å². The van der Waals surface area contributed by atoms with E-state index in [1.807, 2.05) is 49.6 Å². The minimum Gasteiger partial charge on any atom is -0.338 e. The number of piperazine rings is 1. The zero-order valence-corrected chi connectivity index (χ0v) is 21.5. The maximum atomic E-state index is 13.0. The van der Waals surface area contributed by atoms with Crippen molar-refractivity contribution in [3.8, 4) is 5.69 Å². The van der Waals surface area contributed by atoms with Crippen LogP contribution in [-0.2, 0) is 4.79 Å². The molecule has 1 unspecified atom stereocenters. The largest absolute Gasteiger partial charge is 0.338 e. The predicted molar refractivity (Wildman–Crippen MR) is 135 cm³/mol. The third-order valence-electron chi connectivity index (χ3n) is 5.88. The van der Waals surface area contributed by atoms with Gasteiger partial charge in [-0.2, -0.15) is 0 Å². The van der Waals surface area contributed by atoms with E-state index in [4.69, 9.17) is 23.2 Å². The second-order valence-corrected chi connectivity index (χ2v) is 10.0. The van der Waals surface area contributed by atoms with Crippen molar-refractivity contribution >= 4 is 46.8 Å². The number of para-hydroxylation sites is 1. The number of rotatable bonds is 5. The molecule has 3 aromatic rings. The highest BCUT2D eigenvalue weighted by atomic mass is 35.5. The van der Waals surface area contributed by atoms with Crippen LogP contribution in [0.15, 0.2) is 47.6 Å². The molecule has 1 atom stereocenters. The quantitative estimate of drug-likeness (QED) is 0.460. The van der Waals surface area contributed by atoms with Crippen LogP contribution in [0, 0.1) is 13.8 Å². The summed E-state index contributed by atoms with van der Waals surface area (Å²) in [5.74, 6) is 0.863. The third-order valence-corrected chi connectivity index (χ3v) is 7.34. The number of amides is 2. The van der Waals surface area contributed by atoms with Gasteiger partial charge in [-0.15, -0.1) is 10.2 Å². The Labute approximate surface area is 213 Å². The number of hydrogen-bond donors (Lipinski definition) is 0. The predicted octanol–water partition coefficient (Wildman–Crippen LogP) is 4.66. The molecule has 7 nitrogen and oxygen atoms in total. The van der Waals surface area contributed by atoms with Gasteiger partial charge in [-0.25, -0.2) is 0 Å². The molecule has 0 aliphatic carbocycles. The van der Waals surface area contributed by atoms with Crippen molar-refractivity contribution in [3.05, 3.63) is 69.5 Å². The number of aromatic nitrogens is 3. The van der Waals surface area contributed by atoms with Gasteiger partial charge in [0.25, 0.3) is 5.91 Å². The first-order chi connectivity index (χ1) is 16.3. The second kappa shape index (κ2) is 10.4. The smallest absolute Gasteiger partial charge is 0.255 e. The Kier molecular flexibility index (Phi) is 7.50. The first kappa shape index (κ1) is 24.6. The molecule has 10 heteroatoms. The molecule has 1 aliphatic heterocycles. The summed E-state index contributed by atoms with van der Waals surface area (Å²) < 4.78 is 1.97. The van der Waals surface area contributed by atoms with Gasteiger partial charge in [0, 0.05) is 30.7 Å². The Balaban J connectivity index is 1.39.